The van der Waals surface area contributed by atoms with Crippen molar-refractivity contribution in [2.24, 2.45) is 0 Å². The van der Waals surface area contributed by atoms with E-state index in [1.807, 2.05) is 36.4 Å². The number of nitriles is 1. The van der Waals surface area contributed by atoms with Crippen LogP contribution in [0.15, 0.2) is 54.6 Å². The number of ether oxygens (including phenoxy) is 1. The van der Waals surface area contributed by atoms with Crippen LogP contribution in [0, 0.1) is 11.3 Å². The Morgan fingerprint density at radius 3 is 2.58 bits per heavy atom. The van der Waals surface area contributed by atoms with Gasteiger partial charge in [-0.05, 0) is 24.6 Å². The van der Waals surface area contributed by atoms with E-state index in [1.165, 1.54) is 0 Å². The van der Waals surface area contributed by atoms with Gasteiger partial charge in [0.2, 0.25) is 0 Å². The number of nitrogens with one attached hydrogen (secondary N) is 1. The summed E-state index contributed by atoms with van der Waals surface area (Å²) in [5, 5.41) is 21.9. The Kier molecular flexibility index (Phi) is 6.35. The van der Waals surface area contributed by atoms with Gasteiger partial charge in [0.1, 0.15) is 11.8 Å². The van der Waals surface area contributed by atoms with Crippen LogP contribution in [0.3, 0.4) is 0 Å². The summed E-state index contributed by atoms with van der Waals surface area (Å²) >= 11 is 0. The molecule has 0 aliphatic carbocycles. The molecule has 0 aliphatic heterocycles. The molecule has 24 heavy (non-hydrogen) atoms. The number of aliphatic hydroxyl groups excluding tert-OH is 1. The number of aliphatic hydroxyl groups is 1. The number of nitrogens with zero attached hydrogens (tertiary/aromatic N) is 1. The van der Waals surface area contributed by atoms with E-state index in [4.69, 9.17) is 10.00 Å². The van der Waals surface area contributed by atoms with Crippen LogP contribution < -0.4 is 10.1 Å². The van der Waals surface area contributed by atoms with Gasteiger partial charge in [0.15, 0.2) is 6.61 Å². The van der Waals surface area contributed by atoms with Gasteiger partial charge in [-0.2, -0.15) is 5.26 Å². The molecule has 2 rings (SSSR count). The third-order valence-electron chi connectivity index (χ3n) is 3.62. The molecule has 124 valence electrons. The van der Waals surface area contributed by atoms with Crippen LogP contribution in [0.1, 0.15) is 18.1 Å². The molecule has 2 aromatic carbocycles. The highest BCUT2D eigenvalue weighted by atomic mass is 16.5. The molecule has 0 bridgehead atoms. The van der Waals surface area contributed by atoms with Crippen LogP contribution >= 0.6 is 0 Å². The Bertz CT molecular complexity index is 710. The summed E-state index contributed by atoms with van der Waals surface area (Å²) in [7, 11) is 0. The van der Waals surface area contributed by atoms with Gasteiger partial charge in [-0.25, -0.2) is 0 Å². The molecular formula is C19H20N2O3. The van der Waals surface area contributed by atoms with Gasteiger partial charge < -0.3 is 15.2 Å². The molecule has 5 nitrogen and oxygen atoms in total. The number of benzene rings is 2. The van der Waals surface area contributed by atoms with Gasteiger partial charge in [-0.1, -0.05) is 42.5 Å². The average Bonchev–Trinajstić information content (AvgIpc) is 2.61. The molecular weight excluding hydrogens is 304 g/mol. The van der Waals surface area contributed by atoms with Crippen LogP contribution in [0.25, 0.3) is 0 Å². The third kappa shape index (κ3) is 5.11. The van der Waals surface area contributed by atoms with E-state index < -0.39 is 12.1 Å². The fourth-order valence-electron chi connectivity index (χ4n) is 2.25. The molecule has 1 amide bonds. The van der Waals surface area contributed by atoms with Crippen LogP contribution in [0.2, 0.25) is 0 Å². The van der Waals surface area contributed by atoms with Crippen molar-refractivity contribution in [3.05, 3.63) is 65.7 Å². The maximum absolute atomic E-state index is 12.0. The van der Waals surface area contributed by atoms with Gasteiger partial charge in [0.05, 0.1) is 17.7 Å². The molecule has 0 saturated heterocycles. The number of amides is 1. The van der Waals surface area contributed by atoms with E-state index in [9.17, 15) is 9.90 Å². The molecule has 2 N–H and O–H groups in total. The number of carbonyl (C=O) groups is 1. The molecule has 0 spiro atoms. The number of rotatable bonds is 7. The quantitative estimate of drug-likeness (QED) is 0.816. The van der Waals surface area contributed by atoms with Gasteiger partial charge in [-0.3, -0.25) is 4.79 Å². The topological polar surface area (TPSA) is 82.3 Å². The number of para-hydroxylation sites is 1. The van der Waals surface area contributed by atoms with Crippen molar-refractivity contribution in [3.8, 4) is 11.8 Å². The second-order valence-corrected chi connectivity index (χ2v) is 5.51. The van der Waals surface area contributed by atoms with Crippen LogP contribution in [-0.2, 0) is 11.2 Å². The molecule has 0 saturated carbocycles. The van der Waals surface area contributed by atoms with Gasteiger partial charge >= 0.3 is 0 Å². The number of hydrogen-bond acceptors (Lipinski definition) is 4. The lowest BCUT2D eigenvalue weighted by Crippen LogP contribution is -2.44. The minimum atomic E-state index is -0.692. The van der Waals surface area contributed by atoms with Gasteiger partial charge in [0, 0.05) is 6.42 Å². The van der Waals surface area contributed by atoms with Crippen molar-refractivity contribution in [2.45, 2.75) is 25.5 Å². The summed E-state index contributed by atoms with van der Waals surface area (Å²) in [5.41, 5.74) is 1.38. The Hall–Kier alpha value is -2.84. The second-order valence-electron chi connectivity index (χ2n) is 5.51. The molecule has 0 heterocycles. The zero-order valence-electron chi connectivity index (χ0n) is 13.5. The molecule has 0 fully saturated rings. The van der Waals surface area contributed by atoms with Crippen molar-refractivity contribution >= 4 is 5.91 Å². The van der Waals surface area contributed by atoms with Crippen molar-refractivity contribution in [3.63, 3.8) is 0 Å². The molecule has 0 aliphatic rings. The van der Waals surface area contributed by atoms with E-state index >= 15 is 0 Å². The second kappa shape index (κ2) is 8.70. The molecule has 2 atom stereocenters. The number of hydrogen-bond donors (Lipinski definition) is 2. The monoisotopic (exact) mass is 324 g/mol. The molecule has 0 radical (unpaired) electrons. The van der Waals surface area contributed by atoms with E-state index in [1.54, 1.807) is 31.2 Å². The Labute approximate surface area is 141 Å². The standard InChI is InChI=1S/C19H20N2O3/c1-14(17(22)11-15-7-3-2-4-8-15)21-19(23)13-24-18-10-6-5-9-16(18)12-20/h2-10,14,17,22H,11,13H2,1H3,(H,21,23). The van der Waals surface area contributed by atoms with Crippen LogP contribution in [0.4, 0.5) is 0 Å². The zero-order valence-corrected chi connectivity index (χ0v) is 13.5. The van der Waals surface area contributed by atoms with E-state index in [2.05, 4.69) is 5.32 Å². The predicted octanol–water partition coefficient (Wildman–Crippen LogP) is 2.05. The summed E-state index contributed by atoms with van der Waals surface area (Å²) in [6.07, 6.45) is -0.233. The lowest BCUT2D eigenvalue weighted by atomic mass is 10.0. The Balaban J connectivity index is 1.82. The lowest BCUT2D eigenvalue weighted by Gasteiger charge is -2.20. The summed E-state index contributed by atoms with van der Waals surface area (Å²) < 4.78 is 5.37. The predicted molar refractivity (Wildman–Crippen MR) is 90.4 cm³/mol. The maximum Gasteiger partial charge on any atom is 0.258 e. The van der Waals surface area contributed by atoms with Crippen molar-refractivity contribution in [1.82, 2.24) is 5.32 Å². The maximum atomic E-state index is 12.0. The first-order valence-corrected chi connectivity index (χ1v) is 7.73. The van der Waals surface area contributed by atoms with E-state index in [-0.39, 0.29) is 12.5 Å². The average molecular weight is 324 g/mol. The van der Waals surface area contributed by atoms with Gasteiger partial charge in [-0.15, -0.1) is 0 Å². The van der Waals surface area contributed by atoms with Crippen LogP contribution in [-0.4, -0.2) is 29.8 Å². The fraction of sp³-hybridized carbons (Fsp3) is 0.263. The van der Waals surface area contributed by atoms with Crippen molar-refractivity contribution < 1.29 is 14.6 Å². The SMILES string of the molecule is CC(NC(=O)COc1ccccc1C#N)C(O)Cc1ccccc1. The van der Waals surface area contributed by atoms with E-state index in [0.29, 0.717) is 17.7 Å². The zero-order chi connectivity index (χ0) is 17.4. The number of carbonyl (C=O) groups excluding carboxylic acids is 1. The van der Waals surface area contributed by atoms with Crippen LogP contribution in [0.5, 0.6) is 5.75 Å². The lowest BCUT2D eigenvalue weighted by molar-refractivity contribution is -0.124. The third-order valence-corrected chi connectivity index (χ3v) is 3.62. The summed E-state index contributed by atoms with van der Waals surface area (Å²) in [4.78, 5) is 12.0. The fourth-order valence-corrected chi connectivity index (χ4v) is 2.25. The first-order chi connectivity index (χ1) is 11.6. The first kappa shape index (κ1) is 17.5. The van der Waals surface area contributed by atoms with Gasteiger partial charge in [0.25, 0.3) is 5.91 Å². The largest absolute Gasteiger partial charge is 0.482 e. The molecule has 5 heteroatoms. The minimum absolute atomic E-state index is 0.207. The van der Waals surface area contributed by atoms with Crippen molar-refractivity contribution in [2.75, 3.05) is 6.61 Å². The summed E-state index contributed by atoms with van der Waals surface area (Å²) in [6.45, 7) is 1.54. The normalized spacial score (nSPS) is 12.7. The molecule has 2 unspecified atom stereocenters. The summed E-state index contributed by atoms with van der Waals surface area (Å²) in [6, 6.07) is 17.9. The molecule has 2 aromatic rings. The highest BCUT2D eigenvalue weighted by molar-refractivity contribution is 5.78. The Morgan fingerprint density at radius 1 is 1.21 bits per heavy atom. The van der Waals surface area contributed by atoms with E-state index in [0.717, 1.165) is 5.56 Å². The molecule has 0 aromatic heterocycles. The highest BCUT2D eigenvalue weighted by Crippen LogP contribution is 2.16. The Morgan fingerprint density at radius 2 is 1.88 bits per heavy atom. The first-order valence-electron chi connectivity index (χ1n) is 7.73. The highest BCUT2D eigenvalue weighted by Gasteiger charge is 2.17. The minimum Gasteiger partial charge on any atom is -0.482 e. The van der Waals surface area contributed by atoms with Crippen molar-refractivity contribution in [1.29, 1.82) is 5.26 Å². The summed E-state index contributed by atoms with van der Waals surface area (Å²) in [5.74, 6) is 0.0231. The smallest absolute Gasteiger partial charge is 0.258 e.